The predicted octanol–water partition coefficient (Wildman–Crippen LogP) is 15.7. The molecule has 3 saturated carbocycles. The lowest BCUT2D eigenvalue weighted by Gasteiger charge is -2.59. The van der Waals surface area contributed by atoms with E-state index in [4.69, 9.17) is 52.1 Å². The summed E-state index contributed by atoms with van der Waals surface area (Å²) in [5.74, 6) is 3.10. The fraction of sp³-hybridized carbons (Fsp3) is 0.531. The Morgan fingerprint density at radius 1 is 0.473 bits per heavy atom. The number of aliphatic hydroxyl groups excluding tert-OH is 1. The maximum atomic E-state index is 10.8. The molecule has 0 radical (unpaired) electrons. The molecule has 13 rings (SSSR count). The Hall–Kier alpha value is -5.42. The van der Waals surface area contributed by atoms with E-state index in [9.17, 15) is 5.11 Å². The van der Waals surface area contributed by atoms with Gasteiger partial charge in [0.25, 0.3) is 0 Å². The summed E-state index contributed by atoms with van der Waals surface area (Å²) >= 11 is 0. The van der Waals surface area contributed by atoms with E-state index < -0.39 is 67.7 Å². The molecule has 2 unspecified atom stereocenters. The van der Waals surface area contributed by atoms with E-state index in [-0.39, 0.29) is 48.8 Å². The molecule has 0 bridgehead atoms. The summed E-state index contributed by atoms with van der Waals surface area (Å²) in [5.41, 5.74) is 7.96. The van der Waals surface area contributed by atoms with Crippen molar-refractivity contribution in [2.24, 2.45) is 46.3 Å². The van der Waals surface area contributed by atoms with Gasteiger partial charge in [-0.3, -0.25) is 0 Å². The van der Waals surface area contributed by atoms with Crippen molar-refractivity contribution in [2.75, 3.05) is 6.61 Å². The molecule has 4 aliphatic carbocycles. The molecule has 7 aliphatic rings. The van der Waals surface area contributed by atoms with Crippen molar-refractivity contribution in [3.05, 3.63) is 227 Å². The predicted molar refractivity (Wildman–Crippen MR) is 358 cm³/mol. The molecule has 6 aromatic carbocycles. The minimum Gasteiger partial charge on any atom is -0.374 e. The van der Waals surface area contributed by atoms with Crippen LogP contribution in [0.3, 0.4) is 0 Å². The minimum absolute atomic E-state index is 0.0542. The van der Waals surface area contributed by atoms with Gasteiger partial charge in [0.05, 0.1) is 64.6 Å². The highest BCUT2D eigenvalue weighted by molar-refractivity contribution is 5.26. The third-order valence-corrected chi connectivity index (χ3v) is 22.8. The van der Waals surface area contributed by atoms with Crippen LogP contribution in [0, 0.1) is 46.3 Å². The summed E-state index contributed by atoms with van der Waals surface area (Å²) in [7, 11) is 0. The Kier molecular flexibility index (Phi) is 21.9. The van der Waals surface area contributed by atoms with Gasteiger partial charge in [-0.25, -0.2) is 0 Å². The average Bonchev–Trinajstić information content (AvgIpc) is 1.71. The first-order valence-electron chi connectivity index (χ1n) is 35.0. The van der Waals surface area contributed by atoms with Crippen LogP contribution in [0.4, 0.5) is 0 Å². The zero-order valence-corrected chi connectivity index (χ0v) is 55.3. The molecule has 6 aromatic rings. The lowest BCUT2D eigenvalue weighted by atomic mass is 9.47. The van der Waals surface area contributed by atoms with Gasteiger partial charge < -0.3 is 57.2 Å². The number of allylic oxidation sites excluding steroid dienone is 1. The lowest BCUT2D eigenvalue weighted by Crippen LogP contribution is -2.66. The second-order valence-corrected chi connectivity index (χ2v) is 28.6. The van der Waals surface area contributed by atoms with Crippen molar-refractivity contribution < 1.29 is 57.2 Å². The highest BCUT2D eigenvalue weighted by atomic mass is 16.8. The number of ether oxygens (including phenoxy) is 11. The first kappa shape index (κ1) is 66.2. The smallest absolute Gasteiger partial charge is 0.187 e. The highest BCUT2D eigenvalue weighted by Gasteiger charge is 2.61. The van der Waals surface area contributed by atoms with Crippen LogP contribution in [0.15, 0.2) is 194 Å². The van der Waals surface area contributed by atoms with E-state index in [1.165, 1.54) is 31.3 Å². The molecule has 0 spiro atoms. The largest absolute Gasteiger partial charge is 0.374 e. The number of benzene rings is 6. The molecule has 0 aromatic heterocycles. The zero-order valence-electron chi connectivity index (χ0n) is 55.3. The van der Waals surface area contributed by atoms with Crippen LogP contribution < -0.4 is 0 Å². The van der Waals surface area contributed by atoms with Gasteiger partial charge in [-0.15, -0.1) is 0 Å². The van der Waals surface area contributed by atoms with Gasteiger partial charge in [0.2, 0.25) is 0 Å². The Balaban J connectivity index is 0.838. The van der Waals surface area contributed by atoms with Crippen LogP contribution >= 0.6 is 0 Å². The number of hydrogen-bond acceptors (Lipinski definition) is 12. The van der Waals surface area contributed by atoms with Crippen LogP contribution in [-0.4, -0.2) is 91.6 Å². The monoisotopic (exact) mass is 1260 g/mol. The molecule has 3 aliphatic heterocycles. The molecule has 93 heavy (non-hydrogen) atoms. The van der Waals surface area contributed by atoms with Crippen molar-refractivity contribution in [3.8, 4) is 0 Å². The summed E-state index contributed by atoms with van der Waals surface area (Å²) in [6.45, 7) is 13.8. The molecular formula is C81H100O12. The van der Waals surface area contributed by atoms with E-state index in [1.807, 2.05) is 116 Å². The first-order valence-corrected chi connectivity index (χ1v) is 35.0. The van der Waals surface area contributed by atoms with Crippen molar-refractivity contribution >= 4 is 0 Å². The van der Waals surface area contributed by atoms with Crippen molar-refractivity contribution in [2.45, 2.75) is 218 Å². The third-order valence-electron chi connectivity index (χ3n) is 22.8. The fourth-order valence-corrected chi connectivity index (χ4v) is 17.6. The van der Waals surface area contributed by atoms with Crippen LogP contribution in [-0.2, 0) is 91.7 Å². The second-order valence-electron chi connectivity index (χ2n) is 28.6. The van der Waals surface area contributed by atoms with Crippen LogP contribution in [0.25, 0.3) is 0 Å². The quantitative estimate of drug-likeness (QED) is 0.0549. The van der Waals surface area contributed by atoms with E-state index >= 15 is 0 Å². The molecule has 21 atom stereocenters. The number of rotatable bonds is 25. The van der Waals surface area contributed by atoms with Crippen LogP contribution in [0.1, 0.15) is 132 Å². The summed E-state index contributed by atoms with van der Waals surface area (Å²) in [4.78, 5) is 0. The molecule has 3 saturated heterocycles. The van der Waals surface area contributed by atoms with Crippen molar-refractivity contribution in [1.29, 1.82) is 0 Å². The van der Waals surface area contributed by atoms with Gasteiger partial charge in [-0.1, -0.05) is 221 Å². The van der Waals surface area contributed by atoms with E-state index in [1.54, 1.807) is 0 Å². The summed E-state index contributed by atoms with van der Waals surface area (Å²) in [6.07, 6.45) is 5.08. The summed E-state index contributed by atoms with van der Waals surface area (Å²) in [6, 6.07) is 61.5. The van der Waals surface area contributed by atoms with E-state index in [0.717, 1.165) is 71.9 Å². The maximum absolute atomic E-state index is 10.8. The van der Waals surface area contributed by atoms with Gasteiger partial charge in [-0.05, 0) is 145 Å². The Morgan fingerprint density at radius 3 is 1.49 bits per heavy atom. The molecule has 0 amide bonds. The lowest BCUT2D eigenvalue weighted by molar-refractivity contribution is -0.384. The SMILES string of the molecule is CC1CC[C@@H]([C@@H](C)[C@H]2CC[C@H]3[C@@H]4CC=C5C[C@@H](O[C@@H]6O[C@H](COCc7ccccc7)[C@@H](OCc7ccccc7)[C@H](OCc7ccccc7)[C@H]6O[C@@H]6O[C@@H](C)[C@H](OCc7ccccc7)[C@@H](OCc7ccccc7)[C@H]6OCc6ccccc6)CC[C@]5(C)[C@H]4CC[C@]23C)OC1O. The molecule has 1 N–H and O–H groups in total. The standard InChI is InChI=1S/C81H100O12/c1-54-36-41-69(91-77(54)82)55(2)66-39-40-67-65-38-37-63-46-64(42-44-80(63,4)68(65)43-45-81(66,67)5)90-79-76(74(87-51-61-32-20-10-21-33-61)72(85-49-59-28-16-8-17-29-59)70(92-79)53-83-47-57-24-12-6-13-25-57)93-78-75(88-52-62-34-22-11-23-35-62)73(86-50-60-30-18-9-19-31-60)71(56(3)89-78)84-48-58-26-14-7-15-27-58/h6-35,37,54-56,64-79,82H,36,38-53H2,1-5H3/t54?,55-,56-,64-,65-,66+,67-,68-,69-,70+,71-,72+,73+,74-,75+,76+,77?,78-,79+,80-,81+/m0/s1. The molecule has 3 heterocycles. The average molecular weight is 1270 g/mol. The van der Waals surface area contributed by atoms with Gasteiger partial charge in [0, 0.05) is 5.92 Å². The molecule has 12 heteroatoms. The zero-order chi connectivity index (χ0) is 63.7. The van der Waals surface area contributed by atoms with Crippen LogP contribution in [0.5, 0.6) is 0 Å². The molecule has 496 valence electrons. The normalized spacial score (nSPS) is 35.4. The highest BCUT2D eigenvalue weighted by Crippen LogP contribution is 2.68. The van der Waals surface area contributed by atoms with Crippen molar-refractivity contribution in [3.63, 3.8) is 0 Å². The third kappa shape index (κ3) is 15.4. The van der Waals surface area contributed by atoms with Crippen molar-refractivity contribution in [1.82, 2.24) is 0 Å². The minimum atomic E-state index is -1.03. The van der Waals surface area contributed by atoms with Gasteiger partial charge >= 0.3 is 0 Å². The van der Waals surface area contributed by atoms with Gasteiger partial charge in [0.15, 0.2) is 18.9 Å². The molecular weight excluding hydrogens is 1160 g/mol. The van der Waals surface area contributed by atoms with E-state index in [2.05, 4.69) is 107 Å². The Morgan fingerprint density at radius 2 is 0.957 bits per heavy atom. The topological polar surface area (TPSA) is 122 Å². The second kappa shape index (κ2) is 30.8. The van der Waals surface area contributed by atoms with Crippen LogP contribution in [0.2, 0.25) is 0 Å². The molecule has 12 nitrogen and oxygen atoms in total. The number of fused-ring (bicyclic) bond motifs is 5. The summed E-state index contributed by atoms with van der Waals surface area (Å²) in [5, 5.41) is 10.8. The molecule has 6 fully saturated rings. The Bertz CT molecular complexity index is 3250. The van der Waals surface area contributed by atoms with Gasteiger partial charge in [0.1, 0.15) is 42.7 Å². The fourth-order valence-electron chi connectivity index (χ4n) is 17.6. The summed E-state index contributed by atoms with van der Waals surface area (Å²) < 4.78 is 79.2. The number of aliphatic hydroxyl groups is 1. The first-order chi connectivity index (χ1) is 45.5. The number of hydrogen-bond donors (Lipinski definition) is 1. The van der Waals surface area contributed by atoms with Gasteiger partial charge in [-0.2, -0.15) is 0 Å². The Labute approximate surface area is 552 Å². The maximum Gasteiger partial charge on any atom is 0.187 e. The van der Waals surface area contributed by atoms with E-state index in [0.29, 0.717) is 56.0 Å².